The second-order valence-electron chi connectivity index (χ2n) is 11.7. The number of morpholine rings is 1. The highest BCUT2D eigenvalue weighted by atomic mass is 16.6. The maximum Gasteiger partial charge on any atom is 0.223 e. The van der Waals surface area contributed by atoms with Gasteiger partial charge in [0.2, 0.25) is 5.91 Å². The highest BCUT2D eigenvalue weighted by molar-refractivity contribution is 5.97. The molecule has 2 aliphatic rings. The lowest BCUT2D eigenvalue weighted by atomic mass is 9.83. The molecule has 43 heavy (non-hydrogen) atoms. The molecular formula is C33H42N2O8. The molecule has 4 atom stereocenters. The van der Waals surface area contributed by atoms with Crippen LogP contribution < -0.4 is 10.1 Å². The first-order chi connectivity index (χ1) is 20.6. The van der Waals surface area contributed by atoms with Crippen molar-refractivity contribution in [2.45, 2.75) is 51.2 Å². The zero-order chi connectivity index (χ0) is 31.0. The van der Waals surface area contributed by atoms with Gasteiger partial charge in [0.1, 0.15) is 11.4 Å². The number of hydrogen-bond acceptors (Lipinski definition) is 9. The Morgan fingerprint density at radius 3 is 2.35 bits per heavy atom. The number of epoxide rings is 1. The number of nitrogens with zero attached hydrogens (tertiary/aromatic N) is 1. The van der Waals surface area contributed by atoms with Gasteiger partial charge in [-0.2, -0.15) is 0 Å². The predicted octanol–water partition coefficient (Wildman–Crippen LogP) is 2.53. The standard InChI is InChI=1S/C33H42N2O8/c1-22(15-26(36)20-35-11-13-42-14-12-35)32(40)34-27(17-24-9-10-30(41-3)29(38)18-24)28(37)19-25(31(39)33(2)21-43-33)16-23-7-5-4-6-8-23/h4-10,18,22,25,27,38H,11-17,19-21H2,1-3H3,(H,34,40). The molecule has 2 aliphatic heterocycles. The average Bonchev–Trinajstić information content (AvgIpc) is 3.75. The molecule has 0 aliphatic carbocycles. The van der Waals surface area contributed by atoms with Gasteiger partial charge in [0.05, 0.1) is 39.5 Å². The minimum atomic E-state index is -0.976. The van der Waals surface area contributed by atoms with E-state index >= 15 is 0 Å². The minimum absolute atomic E-state index is 0.0399. The van der Waals surface area contributed by atoms with Crippen molar-refractivity contribution in [1.82, 2.24) is 10.2 Å². The van der Waals surface area contributed by atoms with Crippen molar-refractivity contribution in [2.75, 3.05) is 46.6 Å². The van der Waals surface area contributed by atoms with Crippen LogP contribution in [0, 0.1) is 11.8 Å². The Bertz CT molecular complexity index is 1290. The van der Waals surface area contributed by atoms with Crippen LogP contribution in [-0.2, 0) is 41.5 Å². The van der Waals surface area contributed by atoms with Gasteiger partial charge in [-0.3, -0.25) is 24.1 Å². The number of aromatic hydroxyl groups is 1. The Hall–Kier alpha value is -3.60. The number of ketones is 3. The summed E-state index contributed by atoms with van der Waals surface area (Å²) in [5.41, 5.74) is 0.623. The first-order valence-corrected chi connectivity index (χ1v) is 14.8. The van der Waals surface area contributed by atoms with Crippen molar-refractivity contribution >= 4 is 23.3 Å². The van der Waals surface area contributed by atoms with Crippen LogP contribution in [0.25, 0.3) is 0 Å². The Kier molecular flexibility index (Phi) is 11.1. The fourth-order valence-corrected chi connectivity index (χ4v) is 5.39. The van der Waals surface area contributed by atoms with Crippen LogP contribution in [0.15, 0.2) is 48.5 Å². The summed E-state index contributed by atoms with van der Waals surface area (Å²) < 4.78 is 15.9. The summed E-state index contributed by atoms with van der Waals surface area (Å²) in [6.07, 6.45) is 0.403. The van der Waals surface area contributed by atoms with E-state index in [1.807, 2.05) is 35.2 Å². The Labute approximate surface area is 252 Å². The van der Waals surface area contributed by atoms with Crippen LogP contribution in [0.5, 0.6) is 11.5 Å². The van der Waals surface area contributed by atoms with E-state index in [4.69, 9.17) is 14.2 Å². The van der Waals surface area contributed by atoms with Gasteiger partial charge in [0.25, 0.3) is 0 Å². The molecule has 2 saturated heterocycles. The summed E-state index contributed by atoms with van der Waals surface area (Å²) >= 11 is 0. The maximum atomic E-state index is 13.9. The maximum absolute atomic E-state index is 13.9. The topological polar surface area (TPSA) is 135 Å². The highest BCUT2D eigenvalue weighted by Gasteiger charge is 2.50. The molecule has 0 spiro atoms. The number of ether oxygens (including phenoxy) is 3. The van der Waals surface area contributed by atoms with Gasteiger partial charge in [-0.15, -0.1) is 0 Å². The number of amides is 1. The third kappa shape index (κ3) is 9.19. The molecule has 2 heterocycles. The van der Waals surface area contributed by atoms with Crippen molar-refractivity contribution < 1.29 is 38.5 Å². The van der Waals surface area contributed by atoms with Crippen molar-refractivity contribution in [3.63, 3.8) is 0 Å². The molecule has 0 saturated carbocycles. The van der Waals surface area contributed by atoms with Crippen LogP contribution in [0.4, 0.5) is 0 Å². The Balaban J connectivity index is 1.49. The van der Waals surface area contributed by atoms with E-state index in [1.165, 1.54) is 13.2 Å². The Morgan fingerprint density at radius 2 is 1.72 bits per heavy atom. The van der Waals surface area contributed by atoms with Crippen molar-refractivity contribution in [2.24, 2.45) is 11.8 Å². The second kappa shape index (κ2) is 14.7. The lowest BCUT2D eigenvalue weighted by Gasteiger charge is -2.26. The number of carbonyl (C=O) groups is 4. The molecule has 0 radical (unpaired) electrons. The molecule has 4 unspecified atom stereocenters. The minimum Gasteiger partial charge on any atom is -0.504 e. The molecule has 4 rings (SSSR count). The molecular weight excluding hydrogens is 552 g/mol. The van der Waals surface area contributed by atoms with E-state index in [2.05, 4.69) is 5.32 Å². The first-order valence-electron chi connectivity index (χ1n) is 14.8. The number of nitrogens with one attached hydrogen (secondary N) is 1. The third-order valence-corrected chi connectivity index (χ3v) is 8.12. The summed E-state index contributed by atoms with van der Waals surface area (Å²) in [6, 6.07) is 13.3. The summed E-state index contributed by atoms with van der Waals surface area (Å²) in [5.74, 6) is -2.03. The molecule has 2 N–H and O–H groups in total. The number of benzene rings is 2. The zero-order valence-electron chi connectivity index (χ0n) is 25.2. The number of carbonyl (C=O) groups excluding carboxylic acids is 4. The van der Waals surface area contributed by atoms with Crippen LogP contribution >= 0.6 is 0 Å². The smallest absolute Gasteiger partial charge is 0.223 e. The lowest BCUT2D eigenvalue weighted by molar-refractivity contribution is -0.134. The van der Waals surface area contributed by atoms with Gasteiger partial charge in [-0.1, -0.05) is 43.3 Å². The van der Waals surface area contributed by atoms with E-state index in [9.17, 15) is 24.3 Å². The van der Waals surface area contributed by atoms with Crippen LogP contribution in [0.3, 0.4) is 0 Å². The second-order valence-corrected chi connectivity index (χ2v) is 11.7. The number of phenolic OH excluding ortho intramolecular Hbond substituents is 1. The molecule has 0 bridgehead atoms. The van der Waals surface area contributed by atoms with Crippen molar-refractivity contribution in [3.8, 4) is 11.5 Å². The van der Waals surface area contributed by atoms with E-state index < -0.39 is 29.4 Å². The first kappa shape index (κ1) is 32.3. The Morgan fingerprint density at radius 1 is 1.02 bits per heavy atom. The molecule has 2 fully saturated rings. The van der Waals surface area contributed by atoms with Crippen LogP contribution in [0.1, 0.15) is 37.8 Å². The number of hydrogen-bond donors (Lipinski definition) is 2. The molecule has 2 aromatic carbocycles. The predicted molar refractivity (Wildman–Crippen MR) is 159 cm³/mol. The average molecular weight is 595 g/mol. The van der Waals surface area contributed by atoms with Crippen molar-refractivity contribution in [3.05, 3.63) is 59.7 Å². The normalized spacial score (nSPS) is 20.4. The fraction of sp³-hybridized carbons (Fsp3) is 0.515. The zero-order valence-corrected chi connectivity index (χ0v) is 25.2. The van der Waals surface area contributed by atoms with Crippen LogP contribution in [-0.4, -0.2) is 91.5 Å². The summed E-state index contributed by atoms with van der Waals surface area (Å²) in [4.78, 5) is 55.3. The largest absolute Gasteiger partial charge is 0.504 e. The SMILES string of the molecule is COc1ccc(CC(NC(=O)C(C)CC(=O)CN2CCOCC2)C(=O)CC(Cc2ccccc2)C(=O)C2(C)CO2)cc1O. The number of methoxy groups -OCH3 is 1. The lowest BCUT2D eigenvalue weighted by Crippen LogP contribution is -2.46. The van der Waals surface area contributed by atoms with E-state index in [-0.39, 0.29) is 54.7 Å². The highest BCUT2D eigenvalue weighted by Crippen LogP contribution is 2.33. The molecule has 10 nitrogen and oxygen atoms in total. The molecule has 1 amide bonds. The van der Waals surface area contributed by atoms with Gasteiger partial charge in [0.15, 0.2) is 23.1 Å². The van der Waals surface area contributed by atoms with Gasteiger partial charge < -0.3 is 24.6 Å². The molecule has 2 aromatic rings. The fourth-order valence-electron chi connectivity index (χ4n) is 5.39. The van der Waals surface area contributed by atoms with Gasteiger partial charge >= 0.3 is 0 Å². The molecule has 0 aromatic heterocycles. The van der Waals surface area contributed by atoms with Gasteiger partial charge in [-0.25, -0.2) is 0 Å². The summed E-state index contributed by atoms with van der Waals surface area (Å²) in [6.45, 7) is 6.45. The number of phenols is 1. The molecule has 232 valence electrons. The van der Waals surface area contributed by atoms with Crippen LogP contribution in [0.2, 0.25) is 0 Å². The quantitative estimate of drug-likeness (QED) is 0.281. The number of Topliss-reactive ketones (excluding diaryl/α,β-unsaturated/α-hetero) is 3. The van der Waals surface area contributed by atoms with E-state index in [0.29, 0.717) is 44.9 Å². The number of rotatable bonds is 16. The third-order valence-electron chi connectivity index (χ3n) is 8.12. The van der Waals surface area contributed by atoms with Gasteiger partial charge in [0, 0.05) is 37.8 Å². The van der Waals surface area contributed by atoms with E-state index in [1.54, 1.807) is 26.0 Å². The summed E-state index contributed by atoms with van der Waals surface area (Å²) in [5, 5.41) is 13.2. The van der Waals surface area contributed by atoms with Gasteiger partial charge in [-0.05, 0) is 43.0 Å². The summed E-state index contributed by atoms with van der Waals surface area (Å²) in [7, 11) is 1.44. The monoisotopic (exact) mass is 594 g/mol. The van der Waals surface area contributed by atoms with E-state index in [0.717, 1.165) is 5.56 Å². The molecule has 10 heteroatoms. The van der Waals surface area contributed by atoms with Crippen molar-refractivity contribution in [1.29, 1.82) is 0 Å².